The molecule has 3 N–H and O–H groups in total. The third-order valence-corrected chi connectivity index (χ3v) is 1.12. The Morgan fingerprint density at radius 2 is 2.42 bits per heavy atom. The third kappa shape index (κ3) is 5.55. The molecule has 66 valence electrons. The van der Waals surface area contributed by atoms with Crippen molar-refractivity contribution in [3.8, 4) is 0 Å². The predicted molar refractivity (Wildman–Crippen MR) is 56.6 cm³/mol. The lowest BCUT2D eigenvalue weighted by Gasteiger charge is -2.00. The number of hydrogen-bond acceptors (Lipinski definition) is 2. The molecule has 0 unspecified atom stereocenters. The van der Waals surface area contributed by atoms with Crippen molar-refractivity contribution in [2.24, 2.45) is 15.7 Å². The van der Waals surface area contributed by atoms with Crippen molar-refractivity contribution in [2.45, 2.75) is 6.92 Å². The van der Waals surface area contributed by atoms with Crippen LogP contribution in [0.1, 0.15) is 6.92 Å². The zero-order valence-electron chi connectivity index (χ0n) is 6.95. The van der Waals surface area contributed by atoms with Crippen molar-refractivity contribution >= 4 is 29.9 Å². The van der Waals surface area contributed by atoms with E-state index < -0.39 is 0 Å². The minimum absolute atomic E-state index is 0.229. The summed E-state index contributed by atoms with van der Waals surface area (Å²) in [6.45, 7) is 5.63. The van der Waals surface area contributed by atoms with Gasteiger partial charge in [-0.25, -0.2) is 9.98 Å². The molecule has 0 aromatic carbocycles. The average molecular weight is 184 g/mol. The van der Waals surface area contributed by atoms with Gasteiger partial charge in [0.05, 0.1) is 6.54 Å². The van der Waals surface area contributed by atoms with Crippen LogP contribution in [0.5, 0.6) is 0 Å². The maximum Gasteiger partial charge on any atom is 0.164 e. The Hall–Kier alpha value is -1.23. The summed E-state index contributed by atoms with van der Waals surface area (Å²) in [6.07, 6.45) is 3.43. The molecule has 0 amide bonds. The van der Waals surface area contributed by atoms with Crippen molar-refractivity contribution in [3.63, 3.8) is 0 Å². The SMILES string of the molecule is C=N/C(CNC(N)=S)=N\C=C/C. The van der Waals surface area contributed by atoms with Gasteiger partial charge in [0, 0.05) is 6.20 Å². The molecule has 0 aliphatic rings. The van der Waals surface area contributed by atoms with Crippen LogP contribution < -0.4 is 11.1 Å². The number of hydrogen-bond donors (Lipinski definition) is 2. The minimum Gasteiger partial charge on any atom is -0.376 e. The van der Waals surface area contributed by atoms with Gasteiger partial charge in [0.1, 0.15) is 5.84 Å². The van der Waals surface area contributed by atoms with Gasteiger partial charge in [-0.15, -0.1) is 0 Å². The molecule has 0 heterocycles. The van der Waals surface area contributed by atoms with Crippen LogP contribution >= 0.6 is 12.2 Å². The van der Waals surface area contributed by atoms with Gasteiger partial charge in [-0.2, -0.15) is 0 Å². The first-order valence-electron chi connectivity index (χ1n) is 3.38. The minimum atomic E-state index is 0.229. The first-order valence-corrected chi connectivity index (χ1v) is 3.79. The van der Waals surface area contributed by atoms with Crippen LogP contribution in [0.4, 0.5) is 0 Å². The number of nitrogens with two attached hydrogens (primary N) is 1. The van der Waals surface area contributed by atoms with Crippen LogP contribution in [-0.4, -0.2) is 24.2 Å². The van der Waals surface area contributed by atoms with E-state index in [9.17, 15) is 0 Å². The molecule has 0 aromatic heterocycles. The first kappa shape index (κ1) is 10.8. The molecule has 0 aliphatic heterocycles. The van der Waals surface area contributed by atoms with Crippen LogP contribution in [0, 0.1) is 0 Å². The summed E-state index contributed by atoms with van der Waals surface area (Å²) in [4.78, 5) is 7.63. The zero-order valence-corrected chi connectivity index (χ0v) is 7.77. The molecule has 0 rings (SSSR count). The van der Waals surface area contributed by atoms with Crippen molar-refractivity contribution < 1.29 is 0 Å². The lowest BCUT2D eigenvalue weighted by molar-refractivity contribution is 1.07. The number of amidine groups is 1. The molecule has 0 aliphatic carbocycles. The van der Waals surface area contributed by atoms with Gasteiger partial charge in [-0.05, 0) is 25.9 Å². The Morgan fingerprint density at radius 3 is 2.83 bits per heavy atom. The smallest absolute Gasteiger partial charge is 0.164 e. The van der Waals surface area contributed by atoms with Gasteiger partial charge in [-0.3, -0.25) is 0 Å². The molecule has 4 nitrogen and oxygen atoms in total. The Balaban J connectivity index is 3.99. The molecule has 0 aromatic rings. The summed E-state index contributed by atoms with van der Waals surface area (Å²) in [5.41, 5.74) is 5.21. The van der Waals surface area contributed by atoms with E-state index in [-0.39, 0.29) is 5.11 Å². The first-order chi connectivity index (χ1) is 5.70. The number of aliphatic imine (C=N–C) groups is 2. The predicted octanol–water partition coefficient (Wildman–Crippen LogP) is 0.452. The van der Waals surface area contributed by atoms with E-state index in [0.29, 0.717) is 12.4 Å². The van der Waals surface area contributed by atoms with Crippen LogP contribution in [0.2, 0.25) is 0 Å². The van der Waals surface area contributed by atoms with Crippen molar-refractivity contribution in [1.29, 1.82) is 0 Å². The Labute approximate surface area is 77.3 Å². The molecule has 12 heavy (non-hydrogen) atoms. The van der Waals surface area contributed by atoms with Crippen LogP contribution in [0.3, 0.4) is 0 Å². The number of rotatable bonds is 3. The van der Waals surface area contributed by atoms with Crippen molar-refractivity contribution in [1.82, 2.24) is 5.32 Å². The molecule has 0 radical (unpaired) electrons. The molecule has 0 spiro atoms. The summed E-state index contributed by atoms with van der Waals surface area (Å²) >= 11 is 4.61. The van der Waals surface area contributed by atoms with Crippen LogP contribution in [0.25, 0.3) is 0 Å². The van der Waals surface area contributed by atoms with Crippen molar-refractivity contribution in [2.75, 3.05) is 6.54 Å². The fourth-order valence-electron chi connectivity index (χ4n) is 0.469. The summed E-state index contributed by atoms with van der Waals surface area (Å²) in [5, 5.41) is 2.94. The summed E-state index contributed by atoms with van der Waals surface area (Å²) < 4.78 is 0. The third-order valence-electron chi connectivity index (χ3n) is 0.976. The van der Waals surface area contributed by atoms with E-state index in [1.54, 1.807) is 12.3 Å². The summed E-state index contributed by atoms with van der Waals surface area (Å²) in [5.74, 6) is 0.556. The second-order valence-electron chi connectivity index (χ2n) is 1.90. The summed E-state index contributed by atoms with van der Waals surface area (Å²) in [6, 6.07) is 0. The second kappa shape index (κ2) is 6.48. The van der Waals surface area contributed by atoms with Gasteiger partial charge in [0.25, 0.3) is 0 Å². The largest absolute Gasteiger partial charge is 0.376 e. The zero-order chi connectivity index (χ0) is 9.40. The molecule has 0 saturated carbocycles. The number of nitrogens with zero attached hydrogens (tertiary/aromatic N) is 2. The molecule has 0 bridgehead atoms. The van der Waals surface area contributed by atoms with E-state index in [4.69, 9.17) is 5.73 Å². The Bertz CT molecular complexity index is 219. The number of allylic oxidation sites excluding steroid dienone is 1. The fourth-order valence-corrected chi connectivity index (χ4v) is 0.541. The lowest BCUT2D eigenvalue weighted by Crippen LogP contribution is -2.33. The highest BCUT2D eigenvalue weighted by Gasteiger charge is 1.92. The molecular weight excluding hydrogens is 172 g/mol. The Kier molecular flexibility index (Phi) is 5.81. The van der Waals surface area contributed by atoms with Gasteiger partial charge < -0.3 is 11.1 Å². The van der Waals surface area contributed by atoms with Gasteiger partial charge in [0.2, 0.25) is 0 Å². The molecule has 0 fully saturated rings. The van der Waals surface area contributed by atoms with E-state index in [2.05, 4.69) is 34.2 Å². The Morgan fingerprint density at radius 1 is 1.75 bits per heavy atom. The van der Waals surface area contributed by atoms with Gasteiger partial charge in [0.15, 0.2) is 5.11 Å². The maximum absolute atomic E-state index is 5.21. The average Bonchev–Trinajstić information content (AvgIpc) is 2.05. The molecule has 5 heteroatoms. The highest BCUT2D eigenvalue weighted by Crippen LogP contribution is 1.81. The van der Waals surface area contributed by atoms with E-state index in [1.165, 1.54) is 0 Å². The van der Waals surface area contributed by atoms with Crippen LogP contribution in [-0.2, 0) is 0 Å². The van der Waals surface area contributed by atoms with Gasteiger partial charge in [-0.1, -0.05) is 6.08 Å². The second-order valence-corrected chi connectivity index (χ2v) is 2.34. The number of nitrogens with one attached hydrogen (secondary N) is 1. The lowest BCUT2D eigenvalue weighted by atomic mass is 10.5. The standard InChI is InChI=1S/C7H12N4S/c1-3-4-10-6(9-2)5-11-7(8)12/h3-4H,2,5H2,1H3,(H3,8,11,12)/b4-3-,10-6-. The normalized spacial score (nSPS) is 11.6. The topological polar surface area (TPSA) is 62.8 Å². The van der Waals surface area contributed by atoms with E-state index in [1.807, 2.05) is 6.92 Å². The molecule has 0 atom stereocenters. The summed E-state index contributed by atoms with van der Waals surface area (Å²) in [7, 11) is 0. The van der Waals surface area contributed by atoms with Gasteiger partial charge >= 0.3 is 0 Å². The van der Waals surface area contributed by atoms with E-state index in [0.717, 1.165) is 0 Å². The quantitative estimate of drug-likeness (QED) is 0.380. The number of thiocarbonyl (C=S) groups is 1. The highest BCUT2D eigenvalue weighted by molar-refractivity contribution is 7.80. The van der Waals surface area contributed by atoms with Crippen molar-refractivity contribution in [3.05, 3.63) is 12.3 Å². The monoisotopic (exact) mass is 184 g/mol. The molecule has 0 saturated heterocycles. The highest BCUT2D eigenvalue weighted by atomic mass is 32.1. The molecular formula is C7H12N4S. The van der Waals surface area contributed by atoms with Crippen LogP contribution in [0.15, 0.2) is 22.3 Å². The maximum atomic E-state index is 5.21. The van der Waals surface area contributed by atoms with E-state index >= 15 is 0 Å². The fraction of sp³-hybridized carbons (Fsp3) is 0.286.